The van der Waals surface area contributed by atoms with E-state index in [0.29, 0.717) is 6.54 Å². The fourth-order valence-electron chi connectivity index (χ4n) is 2.80. The molecule has 2 aliphatic rings. The zero-order valence-electron chi connectivity index (χ0n) is 11.2. The van der Waals surface area contributed by atoms with E-state index in [1.807, 2.05) is 0 Å². The van der Waals surface area contributed by atoms with Crippen LogP contribution >= 0.6 is 0 Å². The number of hydrogen-bond donors (Lipinski definition) is 2. The summed E-state index contributed by atoms with van der Waals surface area (Å²) in [5.74, 6) is -2.48. The molecule has 0 aliphatic carbocycles. The number of carbonyl (C=O) groups is 2. The number of aliphatic carboxylic acids is 1. The van der Waals surface area contributed by atoms with E-state index in [4.69, 9.17) is 4.74 Å². The number of carboxylic acid groups (broad SMARTS) is 1. The van der Waals surface area contributed by atoms with Gasteiger partial charge in [0, 0.05) is 6.54 Å². The van der Waals surface area contributed by atoms with Gasteiger partial charge in [0.1, 0.15) is 5.92 Å². The minimum atomic E-state index is -0.956. The summed E-state index contributed by atoms with van der Waals surface area (Å²) in [6.45, 7) is 2.75. The third-order valence-corrected chi connectivity index (χ3v) is 3.82. The van der Waals surface area contributed by atoms with E-state index < -0.39 is 23.9 Å². The third-order valence-electron chi connectivity index (χ3n) is 3.82. The van der Waals surface area contributed by atoms with Crippen molar-refractivity contribution < 1.29 is 19.4 Å². The zero-order chi connectivity index (χ0) is 13.8. The first-order valence-corrected chi connectivity index (χ1v) is 6.99. The molecule has 2 heterocycles. The molecule has 2 aliphatic heterocycles. The van der Waals surface area contributed by atoms with Crippen LogP contribution in [0.3, 0.4) is 0 Å². The van der Waals surface area contributed by atoms with Gasteiger partial charge in [0.2, 0.25) is 5.91 Å². The fourth-order valence-corrected chi connectivity index (χ4v) is 2.80. The summed E-state index contributed by atoms with van der Waals surface area (Å²) >= 11 is 0. The summed E-state index contributed by atoms with van der Waals surface area (Å²) in [6.07, 6.45) is 7.06. The second-order valence-corrected chi connectivity index (χ2v) is 5.19. The van der Waals surface area contributed by atoms with Gasteiger partial charge in [-0.3, -0.25) is 9.59 Å². The Labute approximate surface area is 113 Å². The Morgan fingerprint density at radius 1 is 1.16 bits per heavy atom. The summed E-state index contributed by atoms with van der Waals surface area (Å²) in [6, 6.07) is 0. The van der Waals surface area contributed by atoms with Crippen molar-refractivity contribution >= 4 is 11.9 Å². The molecular formula is C14H21NO4. The summed E-state index contributed by atoms with van der Waals surface area (Å²) in [5, 5.41) is 12.0. The summed E-state index contributed by atoms with van der Waals surface area (Å²) in [5.41, 5.74) is 0. The van der Waals surface area contributed by atoms with Crippen molar-refractivity contribution in [1.82, 2.24) is 5.32 Å². The highest BCUT2D eigenvalue weighted by molar-refractivity contribution is 5.87. The van der Waals surface area contributed by atoms with Crippen LogP contribution in [-0.2, 0) is 14.3 Å². The molecule has 0 aromatic rings. The molecule has 2 rings (SSSR count). The molecule has 106 valence electrons. The number of hydrogen-bond acceptors (Lipinski definition) is 3. The van der Waals surface area contributed by atoms with Gasteiger partial charge in [0.25, 0.3) is 0 Å². The number of carbonyl (C=O) groups excluding carboxylic acids is 1. The van der Waals surface area contributed by atoms with Gasteiger partial charge >= 0.3 is 5.97 Å². The predicted molar refractivity (Wildman–Crippen MR) is 69.6 cm³/mol. The monoisotopic (exact) mass is 267 g/mol. The lowest BCUT2D eigenvalue weighted by Crippen LogP contribution is -2.42. The third kappa shape index (κ3) is 2.97. The van der Waals surface area contributed by atoms with E-state index in [9.17, 15) is 14.7 Å². The normalized spacial score (nSPS) is 31.6. The van der Waals surface area contributed by atoms with Crippen LogP contribution in [0.2, 0.25) is 0 Å². The van der Waals surface area contributed by atoms with Gasteiger partial charge in [-0.15, -0.1) is 0 Å². The van der Waals surface area contributed by atoms with Gasteiger partial charge in [0.15, 0.2) is 0 Å². The molecule has 0 radical (unpaired) electrons. The molecule has 5 nitrogen and oxygen atoms in total. The molecule has 0 aromatic carbocycles. The maximum Gasteiger partial charge on any atom is 0.310 e. The van der Waals surface area contributed by atoms with E-state index in [1.165, 1.54) is 0 Å². The van der Waals surface area contributed by atoms with E-state index in [1.54, 1.807) is 12.2 Å². The molecule has 2 bridgehead atoms. The van der Waals surface area contributed by atoms with Crippen LogP contribution in [0.15, 0.2) is 12.2 Å². The molecule has 19 heavy (non-hydrogen) atoms. The first-order chi connectivity index (χ1) is 9.15. The fraction of sp³-hybridized carbons (Fsp3) is 0.714. The van der Waals surface area contributed by atoms with E-state index in [2.05, 4.69) is 12.2 Å². The first kappa shape index (κ1) is 14.1. The van der Waals surface area contributed by atoms with Crippen LogP contribution in [0.5, 0.6) is 0 Å². The van der Waals surface area contributed by atoms with Gasteiger partial charge in [-0.05, 0) is 6.42 Å². The number of ether oxygens (including phenoxy) is 1. The second-order valence-electron chi connectivity index (χ2n) is 5.19. The number of amides is 1. The highest BCUT2D eigenvalue weighted by atomic mass is 16.5. The Morgan fingerprint density at radius 3 is 2.47 bits per heavy atom. The maximum atomic E-state index is 12.1. The van der Waals surface area contributed by atoms with Gasteiger partial charge < -0.3 is 15.2 Å². The molecule has 0 saturated carbocycles. The molecule has 1 fully saturated rings. The van der Waals surface area contributed by atoms with Crippen molar-refractivity contribution in [2.24, 2.45) is 11.8 Å². The molecule has 0 aromatic heterocycles. The number of unbranched alkanes of at least 4 members (excludes halogenated alkanes) is 3. The van der Waals surface area contributed by atoms with E-state index >= 15 is 0 Å². The van der Waals surface area contributed by atoms with Gasteiger partial charge in [-0.25, -0.2) is 0 Å². The average molecular weight is 267 g/mol. The van der Waals surface area contributed by atoms with Crippen LogP contribution < -0.4 is 5.32 Å². The molecule has 4 atom stereocenters. The molecule has 0 spiro atoms. The smallest absolute Gasteiger partial charge is 0.310 e. The Kier molecular flexibility index (Phi) is 4.58. The summed E-state index contributed by atoms with van der Waals surface area (Å²) in [7, 11) is 0. The molecule has 5 heteroatoms. The predicted octanol–water partition coefficient (Wildman–Crippen LogP) is 1.34. The standard InChI is InChI=1S/C14H21NO4/c1-2-3-4-5-8-15-13(16)11-9-6-7-10(19-9)12(11)14(17)18/h6-7,9-12H,2-5,8H2,1H3,(H,15,16)(H,17,18)/t9-,10+,11+,12-/m0/s1. The highest BCUT2D eigenvalue weighted by Gasteiger charge is 2.52. The Hall–Kier alpha value is -1.36. The molecule has 1 amide bonds. The molecule has 0 unspecified atom stereocenters. The minimum Gasteiger partial charge on any atom is -0.481 e. The van der Waals surface area contributed by atoms with Gasteiger partial charge in [-0.1, -0.05) is 38.3 Å². The average Bonchev–Trinajstić information content (AvgIpc) is 2.98. The number of nitrogens with one attached hydrogen (secondary N) is 1. The Bertz CT molecular complexity index is 380. The zero-order valence-corrected chi connectivity index (χ0v) is 11.2. The van der Waals surface area contributed by atoms with Gasteiger partial charge in [-0.2, -0.15) is 0 Å². The summed E-state index contributed by atoms with van der Waals surface area (Å²) in [4.78, 5) is 23.3. The van der Waals surface area contributed by atoms with Crippen molar-refractivity contribution in [3.63, 3.8) is 0 Å². The Balaban J connectivity index is 1.84. The van der Waals surface area contributed by atoms with Crippen LogP contribution in [0, 0.1) is 11.8 Å². The van der Waals surface area contributed by atoms with Crippen molar-refractivity contribution in [3.8, 4) is 0 Å². The van der Waals surface area contributed by atoms with Crippen LogP contribution in [0.4, 0.5) is 0 Å². The van der Waals surface area contributed by atoms with Crippen molar-refractivity contribution in [2.45, 2.75) is 44.8 Å². The first-order valence-electron chi connectivity index (χ1n) is 6.99. The van der Waals surface area contributed by atoms with Crippen LogP contribution in [-0.4, -0.2) is 35.7 Å². The second kappa shape index (κ2) is 6.19. The van der Waals surface area contributed by atoms with Crippen LogP contribution in [0.1, 0.15) is 32.6 Å². The van der Waals surface area contributed by atoms with Crippen molar-refractivity contribution in [2.75, 3.05) is 6.54 Å². The van der Waals surface area contributed by atoms with Crippen molar-refractivity contribution in [3.05, 3.63) is 12.2 Å². The maximum absolute atomic E-state index is 12.1. The summed E-state index contributed by atoms with van der Waals surface area (Å²) < 4.78 is 5.47. The topological polar surface area (TPSA) is 75.6 Å². The van der Waals surface area contributed by atoms with Crippen molar-refractivity contribution in [1.29, 1.82) is 0 Å². The Morgan fingerprint density at radius 2 is 1.84 bits per heavy atom. The number of rotatable bonds is 7. The molecular weight excluding hydrogens is 246 g/mol. The highest BCUT2D eigenvalue weighted by Crippen LogP contribution is 2.39. The molecule has 2 N–H and O–H groups in total. The van der Waals surface area contributed by atoms with E-state index in [-0.39, 0.29) is 12.0 Å². The van der Waals surface area contributed by atoms with Crippen LogP contribution in [0.25, 0.3) is 0 Å². The molecule has 1 saturated heterocycles. The SMILES string of the molecule is CCCCCCNC(=O)[C@H]1[C@@H](C(=O)O)[C@H]2C=C[C@@H]1O2. The van der Waals surface area contributed by atoms with E-state index in [0.717, 1.165) is 25.7 Å². The number of fused-ring (bicyclic) bond motifs is 2. The quantitative estimate of drug-likeness (QED) is 0.539. The minimum absolute atomic E-state index is 0.194. The number of carboxylic acids is 1. The largest absolute Gasteiger partial charge is 0.481 e. The lowest BCUT2D eigenvalue weighted by molar-refractivity contribution is -0.146. The van der Waals surface area contributed by atoms with Gasteiger partial charge in [0.05, 0.1) is 18.1 Å². The lowest BCUT2D eigenvalue weighted by atomic mass is 9.82. The lowest BCUT2D eigenvalue weighted by Gasteiger charge is -2.20.